The van der Waals surface area contributed by atoms with E-state index in [0.717, 1.165) is 61.3 Å². The molecule has 2 aliphatic rings. The SMILES string of the molecule is COc1ccc2c(c1)[C@@H](CN(C)CCCN1CCc3cc(CO)c(CO)cc3CC1=O)C2. The highest BCUT2D eigenvalue weighted by molar-refractivity contribution is 5.80. The van der Waals surface area contributed by atoms with Crippen LogP contribution in [-0.4, -0.2) is 66.3 Å². The van der Waals surface area contributed by atoms with Gasteiger partial charge in [0.15, 0.2) is 0 Å². The van der Waals surface area contributed by atoms with Crippen molar-refractivity contribution in [3.63, 3.8) is 0 Å². The van der Waals surface area contributed by atoms with Crippen LogP contribution in [0, 0.1) is 0 Å². The van der Waals surface area contributed by atoms with Gasteiger partial charge in [-0.05, 0) is 78.4 Å². The second kappa shape index (κ2) is 10.0. The van der Waals surface area contributed by atoms with Crippen molar-refractivity contribution < 1.29 is 19.7 Å². The van der Waals surface area contributed by atoms with Gasteiger partial charge in [0, 0.05) is 25.6 Å². The second-order valence-corrected chi connectivity index (χ2v) is 9.10. The number of carbonyl (C=O) groups excluding carboxylic acids is 1. The summed E-state index contributed by atoms with van der Waals surface area (Å²) in [6.45, 7) is 3.22. The van der Waals surface area contributed by atoms with E-state index in [1.165, 1.54) is 11.1 Å². The van der Waals surface area contributed by atoms with E-state index in [1.54, 1.807) is 7.11 Å². The highest BCUT2D eigenvalue weighted by Gasteiger charge is 2.27. The topological polar surface area (TPSA) is 73.2 Å². The summed E-state index contributed by atoms with van der Waals surface area (Å²) in [5, 5.41) is 19.1. The van der Waals surface area contributed by atoms with Gasteiger partial charge in [-0.2, -0.15) is 0 Å². The van der Waals surface area contributed by atoms with Crippen molar-refractivity contribution in [3.8, 4) is 5.75 Å². The van der Waals surface area contributed by atoms with Crippen LogP contribution in [0.15, 0.2) is 30.3 Å². The lowest BCUT2D eigenvalue weighted by atomic mass is 9.77. The third kappa shape index (κ3) is 4.82. The van der Waals surface area contributed by atoms with Crippen molar-refractivity contribution in [3.05, 3.63) is 63.7 Å². The summed E-state index contributed by atoms with van der Waals surface area (Å²) in [5.74, 6) is 1.63. The number of nitrogens with zero attached hydrogens (tertiary/aromatic N) is 2. The predicted octanol–water partition coefficient (Wildman–Crippen LogP) is 2.27. The minimum atomic E-state index is -0.119. The lowest BCUT2D eigenvalue weighted by Gasteiger charge is -2.34. The van der Waals surface area contributed by atoms with Crippen molar-refractivity contribution in [2.45, 2.75) is 44.8 Å². The van der Waals surface area contributed by atoms with Crippen LogP contribution in [0.2, 0.25) is 0 Å². The zero-order chi connectivity index (χ0) is 22.7. The first-order chi connectivity index (χ1) is 15.5. The average molecular weight is 439 g/mol. The number of ether oxygens (including phenoxy) is 1. The van der Waals surface area contributed by atoms with Gasteiger partial charge in [0.1, 0.15) is 5.75 Å². The Labute approximate surface area is 190 Å². The number of methoxy groups -OCH3 is 1. The minimum Gasteiger partial charge on any atom is -0.497 e. The Morgan fingerprint density at radius 3 is 2.56 bits per heavy atom. The van der Waals surface area contributed by atoms with Crippen LogP contribution in [0.5, 0.6) is 5.75 Å². The molecule has 172 valence electrons. The molecule has 6 nitrogen and oxygen atoms in total. The number of aliphatic hydroxyl groups is 2. The quantitative estimate of drug-likeness (QED) is 0.628. The number of rotatable bonds is 9. The van der Waals surface area contributed by atoms with Gasteiger partial charge >= 0.3 is 0 Å². The van der Waals surface area contributed by atoms with Gasteiger partial charge in [-0.25, -0.2) is 0 Å². The fraction of sp³-hybridized carbons (Fsp3) is 0.500. The first-order valence-corrected chi connectivity index (χ1v) is 11.5. The molecule has 4 rings (SSSR count). The summed E-state index contributed by atoms with van der Waals surface area (Å²) in [4.78, 5) is 17.2. The molecule has 0 bridgehead atoms. The summed E-state index contributed by atoms with van der Waals surface area (Å²) in [7, 11) is 3.87. The van der Waals surface area contributed by atoms with E-state index in [2.05, 4.69) is 24.1 Å². The third-order valence-electron chi connectivity index (χ3n) is 6.97. The van der Waals surface area contributed by atoms with E-state index in [4.69, 9.17) is 4.74 Å². The van der Waals surface area contributed by atoms with Crippen LogP contribution in [-0.2, 0) is 37.3 Å². The smallest absolute Gasteiger partial charge is 0.227 e. The fourth-order valence-corrected chi connectivity index (χ4v) is 5.05. The number of aliphatic hydroxyl groups excluding tert-OH is 2. The molecule has 0 spiro atoms. The van der Waals surface area contributed by atoms with Crippen LogP contribution < -0.4 is 4.74 Å². The van der Waals surface area contributed by atoms with Gasteiger partial charge in [-0.15, -0.1) is 0 Å². The van der Waals surface area contributed by atoms with Crippen molar-refractivity contribution in [2.24, 2.45) is 0 Å². The molecule has 0 aromatic heterocycles. The number of carbonyl (C=O) groups is 1. The van der Waals surface area contributed by atoms with Crippen molar-refractivity contribution in [2.75, 3.05) is 40.3 Å². The largest absolute Gasteiger partial charge is 0.497 e. The zero-order valence-electron chi connectivity index (χ0n) is 19.1. The Bertz CT molecular complexity index is 975. The Morgan fingerprint density at radius 1 is 1.09 bits per heavy atom. The maximum absolute atomic E-state index is 12.8. The number of hydrogen-bond acceptors (Lipinski definition) is 5. The third-order valence-corrected chi connectivity index (χ3v) is 6.97. The minimum absolute atomic E-state index is 0.0918. The molecular weight excluding hydrogens is 404 g/mol. The van der Waals surface area contributed by atoms with Gasteiger partial charge in [0.05, 0.1) is 26.7 Å². The van der Waals surface area contributed by atoms with Gasteiger partial charge in [-0.1, -0.05) is 18.2 Å². The summed E-state index contributed by atoms with van der Waals surface area (Å²) in [5.41, 5.74) is 6.38. The second-order valence-electron chi connectivity index (χ2n) is 9.10. The molecule has 6 heteroatoms. The molecule has 0 saturated heterocycles. The first-order valence-electron chi connectivity index (χ1n) is 11.5. The van der Waals surface area contributed by atoms with E-state index in [9.17, 15) is 15.0 Å². The lowest BCUT2D eigenvalue weighted by molar-refractivity contribution is -0.130. The fourth-order valence-electron chi connectivity index (χ4n) is 5.05. The normalized spacial score (nSPS) is 17.6. The van der Waals surface area contributed by atoms with E-state index >= 15 is 0 Å². The van der Waals surface area contributed by atoms with Crippen molar-refractivity contribution in [1.82, 2.24) is 9.80 Å². The molecule has 2 N–H and O–H groups in total. The molecule has 0 fully saturated rings. The maximum atomic E-state index is 12.8. The molecule has 0 unspecified atom stereocenters. The van der Waals surface area contributed by atoms with Crippen LogP contribution in [0.1, 0.15) is 45.7 Å². The van der Waals surface area contributed by atoms with Crippen LogP contribution in [0.25, 0.3) is 0 Å². The summed E-state index contributed by atoms with van der Waals surface area (Å²) in [6.07, 6.45) is 3.22. The number of amides is 1. The Balaban J connectivity index is 1.27. The number of hydrogen-bond donors (Lipinski definition) is 2. The van der Waals surface area contributed by atoms with E-state index in [-0.39, 0.29) is 19.1 Å². The molecule has 1 heterocycles. The van der Waals surface area contributed by atoms with Gasteiger partial charge in [-0.3, -0.25) is 4.79 Å². The number of fused-ring (bicyclic) bond motifs is 2. The van der Waals surface area contributed by atoms with Crippen LogP contribution in [0.4, 0.5) is 0 Å². The average Bonchev–Trinajstić information content (AvgIpc) is 2.94. The highest BCUT2D eigenvalue weighted by atomic mass is 16.5. The molecule has 1 atom stereocenters. The molecular formula is C26H34N2O4. The van der Waals surface area contributed by atoms with Crippen LogP contribution in [0.3, 0.4) is 0 Å². The Kier molecular flexibility index (Phi) is 7.13. The standard InChI is InChI=1S/C26H34N2O4/c1-27(15-21-11-19-4-5-24(32-2)14-25(19)21)7-3-8-28-9-6-18-10-22(16-29)23(17-30)12-20(18)13-26(28)31/h4-5,10,12,14,21,29-30H,3,6-9,11,13,15-17H2,1-2H3/t21-/m1/s1. The van der Waals surface area contributed by atoms with Gasteiger partial charge in [0.2, 0.25) is 5.91 Å². The van der Waals surface area contributed by atoms with E-state index in [0.29, 0.717) is 24.4 Å². The molecule has 0 radical (unpaired) electrons. The maximum Gasteiger partial charge on any atom is 0.227 e. The van der Waals surface area contributed by atoms with Crippen LogP contribution >= 0.6 is 0 Å². The van der Waals surface area contributed by atoms with Crippen molar-refractivity contribution >= 4 is 5.91 Å². The summed E-state index contributed by atoms with van der Waals surface area (Å²) in [6, 6.07) is 10.2. The predicted molar refractivity (Wildman–Crippen MR) is 124 cm³/mol. The number of likely N-dealkylation sites (N-methyl/N-ethyl adjacent to an activating group) is 1. The molecule has 0 saturated carbocycles. The zero-order valence-corrected chi connectivity index (χ0v) is 19.1. The van der Waals surface area contributed by atoms with Crippen molar-refractivity contribution in [1.29, 1.82) is 0 Å². The van der Waals surface area contributed by atoms with Gasteiger partial charge in [0.25, 0.3) is 0 Å². The first kappa shape index (κ1) is 22.8. The highest BCUT2D eigenvalue weighted by Crippen LogP contribution is 2.37. The summed E-state index contributed by atoms with van der Waals surface area (Å²) < 4.78 is 5.36. The van der Waals surface area contributed by atoms with E-state index in [1.807, 2.05) is 23.1 Å². The molecule has 2 aromatic rings. The molecule has 1 aliphatic heterocycles. The molecule has 32 heavy (non-hydrogen) atoms. The Morgan fingerprint density at radius 2 is 1.84 bits per heavy atom. The Hall–Kier alpha value is -2.41. The molecule has 1 amide bonds. The number of benzene rings is 2. The monoisotopic (exact) mass is 438 g/mol. The molecule has 1 aliphatic carbocycles. The lowest BCUT2D eigenvalue weighted by Crippen LogP contribution is -2.36. The summed E-state index contributed by atoms with van der Waals surface area (Å²) >= 11 is 0. The van der Waals surface area contributed by atoms with E-state index < -0.39 is 0 Å². The molecule has 2 aromatic carbocycles. The van der Waals surface area contributed by atoms with Gasteiger partial charge < -0.3 is 24.7 Å².